The zero-order chi connectivity index (χ0) is 39.0. The predicted molar refractivity (Wildman–Crippen MR) is 177 cm³/mol. The number of carboxylic acid groups (broad SMARTS) is 8. The Morgan fingerprint density at radius 2 is 0.288 bits per heavy atom. The van der Waals surface area contributed by atoms with Gasteiger partial charge in [-0.15, -0.1) is 0 Å². The summed E-state index contributed by atoms with van der Waals surface area (Å²) in [6.45, 7) is 0. The molecule has 0 radical (unpaired) electrons. The highest BCUT2D eigenvalue weighted by Gasteiger charge is 1.93. The number of benzene rings is 6. The lowest BCUT2D eigenvalue weighted by Crippen LogP contribution is -2.37. The van der Waals surface area contributed by atoms with Crippen LogP contribution in [-0.2, 0) is 0 Å². The van der Waals surface area contributed by atoms with Crippen molar-refractivity contribution in [2.45, 2.75) is 0 Å². The highest BCUT2D eigenvalue weighted by molar-refractivity contribution is 5.64. The predicted octanol–water partition coefficient (Wildman–Crippen LogP) is 0.273. The molecule has 0 saturated heterocycles. The molecule has 0 aliphatic heterocycles. The van der Waals surface area contributed by atoms with Gasteiger partial charge in [0.25, 0.3) is 0 Å². The fourth-order valence-electron chi connectivity index (χ4n) is 3.78. The fraction of sp³-hybridized carbons (Fsp3) is 0. The maximum absolute atomic E-state index is 8.33. The minimum absolute atomic E-state index is 1.28. The Bertz CT molecular complexity index is 1430. The molecule has 12 nitrogen and oxygen atoms in total. The number of carbonyl (C=O) groups is 4. The summed E-state index contributed by atoms with van der Waals surface area (Å²) in [7, 11) is 0. The molecule has 12 heteroatoms. The standard InChI is InChI=1S/3C12H10.4CH2O3/c3*1-3-7-11(8-4-1)12-9-5-2-6-10-12;4*2-1(3)4/h3*1-10H;4*(H2,2,3,4)/p-8. The Labute approximate surface area is 299 Å². The van der Waals surface area contributed by atoms with Gasteiger partial charge >= 0.3 is 0 Å². The molecule has 6 rings (SSSR count). The summed E-state index contributed by atoms with van der Waals surface area (Å²) in [5, 5.41) is 66.7. The lowest BCUT2D eigenvalue weighted by atomic mass is 10.1. The van der Waals surface area contributed by atoms with E-state index >= 15 is 0 Å². The fourth-order valence-corrected chi connectivity index (χ4v) is 3.78. The first-order valence-corrected chi connectivity index (χ1v) is 14.7. The van der Waals surface area contributed by atoms with Crippen molar-refractivity contribution in [3.05, 3.63) is 182 Å². The van der Waals surface area contributed by atoms with E-state index in [0.29, 0.717) is 0 Å². The molecular formula is C40H30O12-8. The van der Waals surface area contributed by atoms with Crippen molar-refractivity contribution in [3.8, 4) is 33.4 Å². The average Bonchev–Trinajstić information content (AvgIpc) is 3.14. The maximum atomic E-state index is 8.33. The van der Waals surface area contributed by atoms with Crippen molar-refractivity contribution in [1.82, 2.24) is 0 Å². The van der Waals surface area contributed by atoms with Gasteiger partial charge in [-0.1, -0.05) is 182 Å². The lowest BCUT2D eigenvalue weighted by Gasteiger charge is -1.98. The van der Waals surface area contributed by atoms with Gasteiger partial charge in [0.1, 0.15) is 0 Å². The molecule has 0 fully saturated rings. The molecule has 0 amide bonds. The van der Waals surface area contributed by atoms with Crippen LogP contribution in [0.2, 0.25) is 0 Å². The largest absolute Gasteiger partial charge is 0.652 e. The molecule has 0 aliphatic rings. The Hall–Kier alpha value is -7.60. The molecule has 0 atom stereocenters. The van der Waals surface area contributed by atoms with E-state index < -0.39 is 24.6 Å². The topological polar surface area (TPSA) is 253 Å². The van der Waals surface area contributed by atoms with Gasteiger partial charge in [-0.05, 0) is 58.0 Å². The Balaban J connectivity index is 0.000000625. The van der Waals surface area contributed by atoms with Crippen LogP contribution in [-0.4, -0.2) is 24.6 Å². The van der Waals surface area contributed by atoms with E-state index in [0.717, 1.165) is 0 Å². The highest BCUT2D eigenvalue weighted by atomic mass is 16.6. The number of hydrogen-bond donors (Lipinski definition) is 0. The van der Waals surface area contributed by atoms with Gasteiger partial charge in [-0.25, -0.2) is 0 Å². The quantitative estimate of drug-likeness (QED) is 0.241. The van der Waals surface area contributed by atoms with Crippen LogP contribution in [0.15, 0.2) is 182 Å². The molecule has 0 heterocycles. The van der Waals surface area contributed by atoms with Crippen molar-refractivity contribution in [1.29, 1.82) is 0 Å². The van der Waals surface area contributed by atoms with Crippen LogP contribution in [0.4, 0.5) is 19.2 Å². The van der Waals surface area contributed by atoms with E-state index in [9.17, 15) is 0 Å². The van der Waals surface area contributed by atoms with Gasteiger partial charge < -0.3 is 60.0 Å². The highest BCUT2D eigenvalue weighted by Crippen LogP contribution is 2.19. The summed E-state index contributed by atoms with van der Waals surface area (Å²) in [4.78, 5) is 33.3. The summed E-state index contributed by atoms with van der Waals surface area (Å²) < 4.78 is 0. The molecule has 0 aliphatic carbocycles. The summed E-state index contributed by atoms with van der Waals surface area (Å²) in [5.74, 6) is 0. The van der Waals surface area contributed by atoms with Gasteiger partial charge in [0.05, 0.1) is 0 Å². The zero-order valence-corrected chi connectivity index (χ0v) is 27.2. The van der Waals surface area contributed by atoms with Gasteiger partial charge in [0.15, 0.2) is 0 Å². The smallest absolute Gasteiger partial charge is 0.0184 e. The summed E-state index contributed by atoms with van der Waals surface area (Å²) in [6, 6.07) is 62.3. The molecule has 0 spiro atoms. The summed E-state index contributed by atoms with van der Waals surface area (Å²) in [6.07, 6.45) is -9.33. The molecule has 6 aromatic rings. The van der Waals surface area contributed by atoms with Crippen LogP contribution in [0, 0.1) is 0 Å². The van der Waals surface area contributed by atoms with Crippen LogP contribution in [0.3, 0.4) is 0 Å². The van der Waals surface area contributed by atoms with E-state index in [4.69, 9.17) is 60.0 Å². The third kappa shape index (κ3) is 26.5. The van der Waals surface area contributed by atoms with E-state index in [1.54, 1.807) is 0 Å². The van der Waals surface area contributed by atoms with Crippen LogP contribution in [0.5, 0.6) is 0 Å². The zero-order valence-electron chi connectivity index (χ0n) is 27.2. The van der Waals surface area contributed by atoms with Crippen LogP contribution < -0.4 is 40.9 Å². The van der Waals surface area contributed by atoms with E-state index in [2.05, 4.69) is 146 Å². The molecule has 6 aromatic carbocycles. The second-order valence-corrected chi connectivity index (χ2v) is 9.20. The van der Waals surface area contributed by atoms with E-state index in [-0.39, 0.29) is 0 Å². The first-order chi connectivity index (χ1) is 24.8. The maximum Gasteiger partial charge on any atom is -0.0184 e. The molecule has 0 unspecified atom stereocenters. The normalized spacial score (nSPS) is 8.54. The van der Waals surface area contributed by atoms with Crippen molar-refractivity contribution in [3.63, 3.8) is 0 Å². The molecule has 0 aromatic heterocycles. The molecule has 0 saturated carbocycles. The first-order valence-electron chi connectivity index (χ1n) is 14.7. The van der Waals surface area contributed by atoms with Gasteiger partial charge in [-0.2, -0.15) is 0 Å². The Morgan fingerprint density at radius 1 is 0.212 bits per heavy atom. The van der Waals surface area contributed by atoms with Crippen LogP contribution in [0.1, 0.15) is 0 Å². The van der Waals surface area contributed by atoms with Gasteiger partial charge in [-0.3, -0.25) is 0 Å². The third-order valence-electron chi connectivity index (χ3n) is 5.64. The molecular weight excluding hydrogens is 672 g/mol. The van der Waals surface area contributed by atoms with Crippen molar-refractivity contribution in [2.24, 2.45) is 0 Å². The second-order valence-electron chi connectivity index (χ2n) is 9.20. The average molecular weight is 703 g/mol. The summed E-state index contributed by atoms with van der Waals surface area (Å²) >= 11 is 0. The van der Waals surface area contributed by atoms with Crippen molar-refractivity contribution < 1.29 is 60.0 Å². The Kier molecular flexibility index (Phi) is 24.3. The van der Waals surface area contributed by atoms with E-state index in [1.165, 1.54) is 33.4 Å². The monoisotopic (exact) mass is 702 g/mol. The Morgan fingerprint density at radius 3 is 0.365 bits per heavy atom. The molecule has 270 valence electrons. The minimum Gasteiger partial charge on any atom is -0.652 e. The molecule has 52 heavy (non-hydrogen) atoms. The van der Waals surface area contributed by atoms with Crippen LogP contribution >= 0.6 is 0 Å². The number of hydrogen-bond acceptors (Lipinski definition) is 12. The first kappa shape index (κ1) is 44.4. The van der Waals surface area contributed by atoms with E-state index in [1.807, 2.05) is 36.4 Å². The summed E-state index contributed by atoms with van der Waals surface area (Å²) in [5.41, 5.74) is 7.66. The number of carbonyl (C=O) groups excluding carboxylic acids is 4. The molecule has 0 N–H and O–H groups in total. The number of rotatable bonds is 3. The van der Waals surface area contributed by atoms with Gasteiger partial charge in [0, 0.05) is 0 Å². The van der Waals surface area contributed by atoms with Gasteiger partial charge in [0.2, 0.25) is 0 Å². The van der Waals surface area contributed by atoms with Crippen LogP contribution in [0.25, 0.3) is 33.4 Å². The van der Waals surface area contributed by atoms with Crippen molar-refractivity contribution >= 4 is 24.6 Å². The SMILES string of the molecule is O=C([O-])[O-].O=C([O-])[O-].O=C([O-])[O-].O=C([O-])[O-].c1ccc(-c2ccccc2)cc1.c1ccc(-c2ccccc2)cc1.c1ccc(-c2ccccc2)cc1. The second kappa shape index (κ2) is 28.4. The minimum atomic E-state index is -2.33. The third-order valence-corrected chi connectivity index (χ3v) is 5.64. The van der Waals surface area contributed by atoms with Crippen molar-refractivity contribution in [2.75, 3.05) is 0 Å². The molecule has 0 bridgehead atoms. The lowest BCUT2D eigenvalue weighted by molar-refractivity contribution is -0.417.